The second-order valence-electron chi connectivity index (χ2n) is 5.69. The van der Waals surface area contributed by atoms with Gasteiger partial charge in [-0.2, -0.15) is 13.2 Å². The first-order valence-corrected chi connectivity index (χ1v) is 6.42. The van der Waals surface area contributed by atoms with Gasteiger partial charge in [-0.25, -0.2) is 9.18 Å². The van der Waals surface area contributed by atoms with E-state index in [0.717, 1.165) is 12.1 Å². The van der Waals surface area contributed by atoms with Crippen molar-refractivity contribution in [3.63, 3.8) is 0 Å². The van der Waals surface area contributed by atoms with Gasteiger partial charge in [-0.3, -0.25) is 5.32 Å². The fraction of sp³-hybridized carbons (Fsp3) is 0.500. The molecule has 0 saturated heterocycles. The highest BCUT2D eigenvalue weighted by atomic mass is 19.4. The molecule has 0 spiro atoms. The van der Waals surface area contributed by atoms with Crippen molar-refractivity contribution in [3.8, 4) is 0 Å². The summed E-state index contributed by atoms with van der Waals surface area (Å²) < 4.78 is 55.4. The standard InChI is InChI=1S/C14H17F4NO3/c1-13(2,3)22-12(21)19-9-4-5-10(15)8(6-9)7-11(20)14(16,17)18/h4-6,11,20H,7H2,1-3H3,(H,19,21). The summed E-state index contributed by atoms with van der Waals surface area (Å²) in [5, 5.41) is 11.3. The van der Waals surface area contributed by atoms with Crippen LogP contribution < -0.4 is 5.32 Å². The Kier molecular flexibility index (Phi) is 5.39. The lowest BCUT2D eigenvalue weighted by Crippen LogP contribution is -2.31. The SMILES string of the molecule is CC(C)(C)OC(=O)Nc1ccc(F)c(CC(O)C(F)(F)F)c1. The minimum Gasteiger partial charge on any atom is -0.444 e. The summed E-state index contributed by atoms with van der Waals surface area (Å²) in [6.07, 6.45) is -9.29. The van der Waals surface area contributed by atoms with E-state index < -0.39 is 36.2 Å². The Balaban J connectivity index is 2.84. The van der Waals surface area contributed by atoms with Crippen LogP contribution in [0.25, 0.3) is 0 Å². The number of nitrogens with one attached hydrogen (secondary N) is 1. The lowest BCUT2D eigenvalue weighted by Gasteiger charge is -2.20. The normalized spacial score (nSPS) is 13.6. The van der Waals surface area contributed by atoms with Crippen molar-refractivity contribution in [2.24, 2.45) is 0 Å². The van der Waals surface area contributed by atoms with E-state index in [1.165, 1.54) is 6.07 Å². The number of rotatable bonds is 3. The van der Waals surface area contributed by atoms with E-state index in [1.54, 1.807) is 20.8 Å². The molecule has 0 aliphatic heterocycles. The maximum Gasteiger partial charge on any atom is 0.414 e. The number of carbonyl (C=O) groups excluding carboxylic acids is 1. The number of aliphatic hydroxyl groups excluding tert-OH is 1. The van der Waals surface area contributed by atoms with Gasteiger partial charge in [0.15, 0.2) is 6.10 Å². The molecule has 1 aromatic carbocycles. The van der Waals surface area contributed by atoms with Gasteiger partial charge in [0.2, 0.25) is 0 Å². The first-order chi connectivity index (χ1) is 9.88. The highest BCUT2D eigenvalue weighted by Gasteiger charge is 2.38. The molecular weight excluding hydrogens is 306 g/mol. The number of amides is 1. The Morgan fingerprint density at radius 3 is 2.41 bits per heavy atom. The van der Waals surface area contributed by atoms with Crippen LogP contribution in [0.15, 0.2) is 18.2 Å². The van der Waals surface area contributed by atoms with Crippen LogP contribution in [-0.4, -0.2) is 29.1 Å². The molecule has 22 heavy (non-hydrogen) atoms. The average molecular weight is 323 g/mol. The Labute approximate surface area is 125 Å². The van der Waals surface area contributed by atoms with Crippen molar-refractivity contribution < 1.29 is 32.2 Å². The molecular formula is C14H17F4NO3. The van der Waals surface area contributed by atoms with Crippen molar-refractivity contribution in [2.75, 3.05) is 5.32 Å². The van der Waals surface area contributed by atoms with Gasteiger partial charge >= 0.3 is 12.3 Å². The van der Waals surface area contributed by atoms with E-state index in [1.807, 2.05) is 0 Å². The molecule has 4 nitrogen and oxygen atoms in total. The van der Waals surface area contributed by atoms with Crippen molar-refractivity contribution in [2.45, 2.75) is 45.1 Å². The molecule has 1 atom stereocenters. The fourth-order valence-electron chi connectivity index (χ4n) is 1.55. The van der Waals surface area contributed by atoms with Crippen molar-refractivity contribution in [3.05, 3.63) is 29.6 Å². The summed E-state index contributed by atoms with van der Waals surface area (Å²) in [5.41, 5.74) is -1.04. The first kappa shape index (κ1) is 18.2. The minimum atomic E-state index is -4.85. The molecule has 1 rings (SSSR count). The average Bonchev–Trinajstić information content (AvgIpc) is 2.29. The minimum absolute atomic E-state index is 0.0695. The molecule has 8 heteroatoms. The summed E-state index contributed by atoms with van der Waals surface area (Å²) >= 11 is 0. The summed E-state index contributed by atoms with van der Waals surface area (Å²) in [5.74, 6) is -0.905. The Hall–Kier alpha value is -1.83. The molecule has 1 unspecified atom stereocenters. The molecule has 0 aliphatic rings. The fourth-order valence-corrected chi connectivity index (χ4v) is 1.55. The number of hydrogen-bond acceptors (Lipinski definition) is 3. The number of alkyl halides is 3. The topological polar surface area (TPSA) is 58.6 Å². The number of carbonyl (C=O) groups is 1. The number of halogens is 4. The third kappa shape index (κ3) is 5.88. The van der Waals surface area contributed by atoms with Gasteiger partial charge in [0.1, 0.15) is 11.4 Å². The molecule has 124 valence electrons. The lowest BCUT2D eigenvalue weighted by atomic mass is 10.1. The molecule has 0 aromatic heterocycles. The smallest absolute Gasteiger partial charge is 0.414 e. The predicted molar refractivity (Wildman–Crippen MR) is 72.0 cm³/mol. The van der Waals surface area contributed by atoms with Crippen LogP contribution in [0.5, 0.6) is 0 Å². The number of anilines is 1. The van der Waals surface area contributed by atoms with Crippen LogP contribution in [0.1, 0.15) is 26.3 Å². The highest BCUT2D eigenvalue weighted by Crippen LogP contribution is 2.25. The zero-order chi connectivity index (χ0) is 17.1. The predicted octanol–water partition coefficient (Wildman–Crippen LogP) is 3.64. The van der Waals surface area contributed by atoms with Gasteiger partial charge < -0.3 is 9.84 Å². The number of ether oxygens (including phenoxy) is 1. The summed E-state index contributed by atoms with van der Waals surface area (Å²) in [6, 6.07) is 3.11. The van der Waals surface area contributed by atoms with Crippen LogP contribution >= 0.6 is 0 Å². The van der Waals surface area contributed by atoms with Crippen LogP contribution in [0.4, 0.5) is 28.0 Å². The van der Waals surface area contributed by atoms with Gasteiger partial charge in [-0.15, -0.1) is 0 Å². The third-order valence-corrected chi connectivity index (χ3v) is 2.48. The quantitative estimate of drug-likeness (QED) is 0.835. The van der Waals surface area contributed by atoms with Gasteiger partial charge in [0.25, 0.3) is 0 Å². The Bertz CT molecular complexity index is 538. The Morgan fingerprint density at radius 2 is 1.91 bits per heavy atom. The van der Waals surface area contributed by atoms with Crippen molar-refractivity contribution in [1.29, 1.82) is 0 Å². The zero-order valence-electron chi connectivity index (χ0n) is 12.3. The molecule has 0 fully saturated rings. The largest absolute Gasteiger partial charge is 0.444 e. The maximum absolute atomic E-state index is 13.5. The van der Waals surface area contributed by atoms with E-state index in [2.05, 4.69) is 5.32 Å². The maximum atomic E-state index is 13.5. The van der Waals surface area contributed by atoms with Gasteiger partial charge in [0, 0.05) is 12.1 Å². The highest BCUT2D eigenvalue weighted by molar-refractivity contribution is 5.84. The molecule has 0 heterocycles. The number of aliphatic hydroxyl groups is 1. The van der Waals surface area contributed by atoms with E-state index in [-0.39, 0.29) is 11.3 Å². The van der Waals surface area contributed by atoms with Crippen LogP contribution in [0.3, 0.4) is 0 Å². The monoisotopic (exact) mass is 323 g/mol. The molecule has 1 amide bonds. The molecule has 0 saturated carbocycles. The zero-order valence-corrected chi connectivity index (χ0v) is 12.3. The number of benzene rings is 1. The molecule has 0 aliphatic carbocycles. The summed E-state index contributed by atoms with van der Waals surface area (Å²) in [7, 11) is 0. The van der Waals surface area contributed by atoms with Crippen LogP contribution in [-0.2, 0) is 11.2 Å². The Morgan fingerprint density at radius 1 is 1.32 bits per heavy atom. The van der Waals surface area contributed by atoms with Gasteiger partial charge in [0.05, 0.1) is 0 Å². The van der Waals surface area contributed by atoms with E-state index in [0.29, 0.717) is 0 Å². The first-order valence-electron chi connectivity index (χ1n) is 6.42. The van der Waals surface area contributed by atoms with E-state index in [4.69, 9.17) is 9.84 Å². The molecule has 0 bridgehead atoms. The second kappa shape index (κ2) is 6.51. The lowest BCUT2D eigenvalue weighted by molar-refractivity contribution is -0.203. The van der Waals surface area contributed by atoms with Gasteiger partial charge in [-0.05, 0) is 44.5 Å². The van der Waals surface area contributed by atoms with Gasteiger partial charge in [-0.1, -0.05) is 0 Å². The van der Waals surface area contributed by atoms with E-state index >= 15 is 0 Å². The van der Waals surface area contributed by atoms with Crippen molar-refractivity contribution in [1.82, 2.24) is 0 Å². The third-order valence-electron chi connectivity index (χ3n) is 2.48. The molecule has 0 radical (unpaired) electrons. The van der Waals surface area contributed by atoms with Crippen LogP contribution in [0, 0.1) is 5.82 Å². The second-order valence-corrected chi connectivity index (χ2v) is 5.69. The van der Waals surface area contributed by atoms with Crippen molar-refractivity contribution >= 4 is 11.8 Å². The summed E-state index contributed by atoms with van der Waals surface area (Å²) in [4.78, 5) is 11.5. The molecule has 2 N–H and O–H groups in total. The number of hydrogen-bond donors (Lipinski definition) is 2. The van der Waals surface area contributed by atoms with Crippen LogP contribution in [0.2, 0.25) is 0 Å². The molecule has 1 aromatic rings. The summed E-state index contributed by atoms with van der Waals surface area (Å²) in [6.45, 7) is 4.92. The van der Waals surface area contributed by atoms with E-state index in [9.17, 15) is 22.4 Å².